The van der Waals surface area contributed by atoms with Gasteiger partial charge in [0.25, 0.3) is 5.56 Å². The molecule has 0 bridgehead atoms. The topological polar surface area (TPSA) is 36.1 Å². The van der Waals surface area contributed by atoms with Crippen molar-refractivity contribution < 1.29 is 0 Å². The van der Waals surface area contributed by atoms with Crippen LogP contribution in [0.1, 0.15) is 18.1 Å². The van der Waals surface area contributed by atoms with Gasteiger partial charge in [0.2, 0.25) is 0 Å². The number of pyridine rings is 1. The summed E-state index contributed by atoms with van der Waals surface area (Å²) in [6, 6.07) is 11.7. The van der Waals surface area contributed by atoms with Crippen molar-refractivity contribution in [3.05, 3.63) is 95.5 Å². The standard InChI is InChI=1S/C22H24N2O/c1-6-9-16(3)20-12-13-21(23-22(20)25)19-11-8-10-18(14-19)17(7-2)15-24(4)5/h6-15H,2-3H2,1,4-5H3,(H,23,25)/b9-6-,17-15+. The van der Waals surface area contributed by atoms with Crippen LogP contribution in [0, 0.1) is 0 Å². The van der Waals surface area contributed by atoms with Crippen LogP contribution in [-0.4, -0.2) is 24.0 Å². The van der Waals surface area contributed by atoms with E-state index in [9.17, 15) is 4.79 Å². The first-order chi connectivity index (χ1) is 12.0. The second-order valence-electron chi connectivity index (χ2n) is 5.97. The highest BCUT2D eigenvalue weighted by molar-refractivity contribution is 5.77. The Morgan fingerprint density at radius 2 is 1.96 bits per heavy atom. The lowest BCUT2D eigenvalue weighted by Gasteiger charge is -2.11. The number of aromatic amines is 1. The lowest BCUT2D eigenvalue weighted by atomic mass is 10.0. The zero-order valence-electron chi connectivity index (χ0n) is 15.0. The predicted octanol–water partition coefficient (Wildman–Crippen LogP) is 4.72. The molecule has 2 aromatic rings. The minimum Gasteiger partial charge on any atom is -0.383 e. The number of nitrogens with zero attached hydrogens (tertiary/aromatic N) is 1. The van der Waals surface area contributed by atoms with E-state index >= 15 is 0 Å². The van der Waals surface area contributed by atoms with Gasteiger partial charge in [-0.25, -0.2) is 0 Å². The highest BCUT2D eigenvalue weighted by Gasteiger charge is 2.06. The molecule has 0 unspecified atom stereocenters. The van der Waals surface area contributed by atoms with Crippen LogP contribution in [0.3, 0.4) is 0 Å². The number of aromatic nitrogens is 1. The summed E-state index contributed by atoms with van der Waals surface area (Å²) in [6.45, 7) is 9.71. The Morgan fingerprint density at radius 3 is 2.56 bits per heavy atom. The molecule has 2 rings (SSSR count). The second kappa shape index (κ2) is 8.15. The fourth-order valence-corrected chi connectivity index (χ4v) is 2.58. The molecule has 0 amide bonds. The molecule has 0 aliphatic heterocycles. The van der Waals surface area contributed by atoms with Crippen LogP contribution in [0.2, 0.25) is 0 Å². The van der Waals surface area contributed by atoms with Crippen molar-refractivity contribution in [2.75, 3.05) is 14.1 Å². The van der Waals surface area contributed by atoms with Crippen molar-refractivity contribution in [3.8, 4) is 11.3 Å². The van der Waals surface area contributed by atoms with Gasteiger partial charge < -0.3 is 9.88 Å². The smallest absolute Gasteiger partial charge is 0.256 e. The predicted molar refractivity (Wildman–Crippen MR) is 108 cm³/mol. The van der Waals surface area contributed by atoms with Gasteiger partial charge in [0.15, 0.2) is 0 Å². The molecular weight excluding hydrogens is 308 g/mol. The Bertz CT molecular complexity index is 898. The first kappa shape index (κ1) is 18.3. The highest BCUT2D eigenvalue weighted by Crippen LogP contribution is 2.23. The summed E-state index contributed by atoms with van der Waals surface area (Å²) in [4.78, 5) is 17.3. The average molecular weight is 332 g/mol. The van der Waals surface area contributed by atoms with Crippen LogP contribution in [0.15, 0.2) is 78.8 Å². The summed E-state index contributed by atoms with van der Waals surface area (Å²) in [7, 11) is 3.95. The van der Waals surface area contributed by atoms with Crippen molar-refractivity contribution in [2.24, 2.45) is 0 Å². The van der Waals surface area contributed by atoms with Gasteiger partial charge in [0.05, 0.1) is 0 Å². The number of nitrogens with one attached hydrogen (secondary N) is 1. The highest BCUT2D eigenvalue weighted by atomic mass is 16.1. The van der Waals surface area contributed by atoms with E-state index < -0.39 is 0 Å². The monoisotopic (exact) mass is 332 g/mol. The Balaban J connectivity index is 2.45. The molecule has 0 aliphatic carbocycles. The van der Waals surface area contributed by atoms with E-state index in [4.69, 9.17) is 0 Å². The molecule has 3 heteroatoms. The fourth-order valence-electron chi connectivity index (χ4n) is 2.58. The summed E-state index contributed by atoms with van der Waals surface area (Å²) < 4.78 is 0. The summed E-state index contributed by atoms with van der Waals surface area (Å²) in [6.07, 6.45) is 7.53. The Kier molecular flexibility index (Phi) is 5.96. The molecule has 3 nitrogen and oxygen atoms in total. The Labute approximate surface area is 149 Å². The molecule has 1 aromatic carbocycles. The van der Waals surface area contributed by atoms with E-state index in [0.717, 1.165) is 22.4 Å². The molecule has 0 saturated heterocycles. The number of rotatable bonds is 6. The molecule has 1 heterocycles. The molecule has 1 aromatic heterocycles. The van der Waals surface area contributed by atoms with Crippen LogP contribution in [0.25, 0.3) is 22.4 Å². The average Bonchev–Trinajstić information content (AvgIpc) is 2.59. The van der Waals surface area contributed by atoms with Crippen LogP contribution in [0.4, 0.5) is 0 Å². The minimum atomic E-state index is -0.140. The molecule has 0 radical (unpaired) electrons. The number of hydrogen-bond acceptors (Lipinski definition) is 2. The third kappa shape index (κ3) is 4.48. The maximum Gasteiger partial charge on any atom is 0.256 e. The molecule has 0 spiro atoms. The van der Waals surface area contributed by atoms with Crippen molar-refractivity contribution in [3.63, 3.8) is 0 Å². The largest absolute Gasteiger partial charge is 0.383 e. The number of allylic oxidation sites excluding steroid dienone is 5. The molecule has 1 N–H and O–H groups in total. The van der Waals surface area contributed by atoms with Crippen molar-refractivity contribution >= 4 is 11.1 Å². The van der Waals surface area contributed by atoms with Gasteiger partial charge in [-0.2, -0.15) is 0 Å². The van der Waals surface area contributed by atoms with Crippen LogP contribution >= 0.6 is 0 Å². The summed E-state index contributed by atoms with van der Waals surface area (Å²) in [5.74, 6) is 0. The number of H-pyrrole nitrogens is 1. The Hall–Kier alpha value is -3.07. The van der Waals surface area contributed by atoms with Gasteiger partial charge in [-0.15, -0.1) is 0 Å². The molecule has 0 aliphatic rings. The fraction of sp³-hybridized carbons (Fsp3) is 0.136. The third-order valence-corrected chi connectivity index (χ3v) is 3.75. The van der Waals surface area contributed by atoms with Crippen molar-refractivity contribution in [1.29, 1.82) is 0 Å². The van der Waals surface area contributed by atoms with E-state index in [2.05, 4.69) is 18.1 Å². The van der Waals surface area contributed by atoms with Crippen LogP contribution in [-0.2, 0) is 0 Å². The van der Waals surface area contributed by atoms with Gasteiger partial charge in [0, 0.05) is 31.6 Å². The van der Waals surface area contributed by atoms with Gasteiger partial charge in [-0.3, -0.25) is 4.79 Å². The zero-order valence-corrected chi connectivity index (χ0v) is 15.0. The number of benzene rings is 1. The molecule has 0 atom stereocenters. The lowest BCUT2D eigenvalue weighted by molar-refractivity contribution is 0.566. The minimum absolute atomic E-state index is 0.140. The summed E-state index contributed by atoms with van der Waals surface area (Å²) in [5.41, 5.74) is 4.93. The van der Waals surface area contributed by atoms with E-state index in [1.165, 1.54) is 0 Å². The van der Waals surface area contributed by atoms with Crippen LogP contribution in [0.5, 0.6) is 0 Å². The first-order valence-electron chi connectivity index (χ1n) is 8.13. The van der Waals surface area contributed by atoms with Gasteiger partial charge in [0.1, 0.15) is 0 Å². The van der Waals surface area contributed by atoms with E-state index in [1.807, 2.05) is 86.7 Å². The molecule has 0 fully saturated rings. The van der Waals surface area contributed by atoms with E-state index in [-0.39, 0.29) is 5.56 Å². The second-order valence-corrected chi connectivity index (χ2v) is 5.97. The molecule has 25 heavy (non-hydrogen) atoms. The molecule has 0 saturated carbocycles. The maximum absolute atomic E-state index is 12.4. The van der Waals surface area contributed by atoms with Crippen LogP contribution < -0.4 is 5.56 Å². The maximum atomic E-state index is 12.4. The molecular formula is C22H24N2O. The third-order valence-electron chi connectivity index (χ3n) is 3.75. The Morgan fingerprint density at radius 1 is 1.20 bits per heavy atom. The zero-order chi connectivity index (χ0) is 18.4. The van der Waals surface area contributed by atoms with Gasteiger partial charge >= 0.3 is 0 Å². The summed E-state index contributed by atoms with van der Waals surface area (Å²) >= 11 is 0. The van der Waals surface area contributed by atoms with Gasteiger partial charge in [-0.1, -0.05) is 49.6 Å². The van der Waals surface area contributed by atoms with Crippen molar-refractivity contribution in [2.45, 2.75) is 6.92 Å². The van der Waals surface area contributed by atoms with E-state index in [0.29, 0.717) is 11.1 Å². The number of hydrogen-bond donors (Lipinski definition) is 1. The lowest BCUT2D eigenvalue weighted by Crippen LogP contribution is -2.11. The molecule has 128 valence electrons. The SMILES string of the molecule is C=C/C(=C\N(C)C)c1cccc(-c2ccc(C(=C)/C=C\C)c(=O)[nH]2)c1. The van der Waals surface area contributed by atoms with E-state index in [1.54, 1.807) is 0 Å². The van der Waals surface area contributed by atoms with Crippen molar-refractivity contribution in [1.82, 2.24) is 9.88 Å². The first-order valence-corrected chi connectivity index (χ1v) is 8.13. The van der Waals surface area contributed by atoms with Gasteiger partial charge in [-0.05, 0) is 47.4 Å². The quantitative estimate of drug-likeness (QED) is 0.777. The normalized spacial score (nSPS) is 11.6. The summed E-state index contributed by atoms with van der Waals surface area (Å²) in [5, 5.41) is 0.